The maximum absolute atomic E-state index is 12.3. The van der Waals surface area contributed by atoms with Crippen molar-refractivity contribution in [1.29, 1.82) is 0 Å². The first-order valence-corrected chi connectivity index (χ1v) is 7.49. The van der Waals surface area contributed by atoms with Crippen LogP contribution < -0.4 is 9.47 Å². The van der Waals surface area contributed by atoms with Crippen molar-refractivity contribution < 1.29 is 28.0 Å². The summed E-state index contributed by atoms with van der Waals surface area (Å²) in [6, 6.07) is 7.85. The fourth-order valence-electron chi connectivity index (χ4n) is 2.06. The highest BCUT2D eigenvalue weighted by Gasteiger charge is 2.15. The third kappa shape index (κ3) is 4.76. The Morgan fingerprint density at radius 2 is 1.96 bits per heavy atom. The molecule has 0 saturated heterocycles. The third-order valence-corrected chi connectivity index (χ3v) is 3.58. The van der Waals surface area contributed by atoms with Gasteiger partial charge in [0, 0.05) is 11.6 Å². The lowest BCUT2D eigenvalue weighted by Gasteiger charge is -2.10. The molecule has 0 aromatic heterocycles. The molecule has 9 heteroatoms. The van der Waals surface area contributed by atoms with E-state index in [1.165, 1.54) is 49.6 Å². The minimum atomic E-state index is -2.99. The Hall–Kier alpha value is -3.00. The smallest absolute Gasteiger partial charge is 0.387 e. The van der Waals surface area contributed by atoms with E-state index in [0.29, 0.717) is 5.56 Å². The molecule has 0 saturated carbocycles. The number of carbonyl (C=O) groups excluding carboxylic acids is 1. The Kier molecular flexibility index (Phi) is 6.24. The zero-order valence-electron chi connectivity index (χ0n) is 13.3. The van der Waals surface area contributed by atoms with Crippen molar-refractivity contribution >= 4 is 29.1 Å². The average molecular weight is 384 g/mol. The number of rotatable bonds is 7. The fourth-order valence-corrected chi connectivity index (χ4v) is 2.24. The summed E-state index contributed by atoms with van der Waals surface area (Å²) in [5.74, 6) is -0.557. The minimum Gasteiger partial charge on any atom is -0.493 e. The number of methoxy groups -OCH3 is 1. The van der Waals surface area contributed by atoms with Crippen molar-refractivity contribution in [1.82, 2.24) is 0 Å². The number of hydrogen-bond donors (Lipinski definition) is 0. The summed E-state index contributed by atoms with van der Waals surface area (Å²) < 4.78 is 33.9. The van der Waals surface area contributed by atoms with E-state index in [9.17, 15) is 23.7 Å². The van der Waals surface area contributed by atoms with Gasteiger partial charge in [-0.3, -0.25) is 14.9 Å². The van der Waals surface area contributed by atoms with Gasteiger partial charge in [-0.15, -0.1) is 0 Å². The Labute approximate surface area is 151 Å². The van der Waals surface area contributed by atoms with Crippen LogP contribution in [0.1, 0.15) is 15.9 Å². The first-order valence-electron chi connectivity index (χ1n) is 7.11. The van der Waals surface area contributed by atoms with Gasteiger partial charge in [0.2, 0.25) is 0 Å². The molecule has 2 rings (SSSR count). The molecular weight excluding hydrogens is 372 g/mol. The summed E-state index contributed by atoms with van der Waals surface area (Å²) in [7, 11) is 1.29. The zero-order chi connectivity index (χ0) is 19.3. The number of nitro groups is 1. The van der Waals surface area contributed by atoms with Gasteiger partial charge in [-0.2, -0.15) is 8.78 Å². The highest BCUT2D eigenvalue weighted by Crippen LogP contribution is 2.30. The van der Waals surface area contributed by atoms with E-state index in [1.807, 2.05) is 0 Å². The lowest BCUT2D eigenvalue weighted by molar-refractivity contribution is -0.384. The molecule has 0 radical (unpaired) electrons. The summed E-state index contributed by atoms with van der Waals surface area (Å²) in [6.07, 6.45) is 2.60. The van der Waals surface area contributed by atoms with Gasteiger partial charge in [-0.1, -0.05) is 23.7 Å². The SMILES string of the molecule is COc1cc(C=CC(=O)c2ccc(Cl)c([N+](=O)[O-])c2)ccc1OC(F)F. The molecule has 2 aromatic carbocycles. The number of allylic oxidation sites excluding steroid dienone is 1. The summed E-state index contributed by atoms with van der Waals surface area (Å²) in [6.45, 7) is -2.99. The number of halogens is 3. The largest absolute Gasteiger partial charge is 0.493 e. The molecule has 0 aliphatic rings. The van der Waals surface area contributed by atoms with Crippen LogP contribution in [-0.4, -0.2) is 24.4 Å². The molecule has 0 aliphatic carbocycles. The summed E-state index contributed by atoms with van der Waals surface area (Å²) in [5, 5.41) is 10.8. The first-order chi connectivity index (χ1) is 12.3. The van der Waals surface area contributed by atoms with Crippen molar-refractivity contribution in [2.75, 3.05) is 7.11 Å². The zero-order valence-corrected chi connectivity index (χ0v) is 14.1. The fraction of sp³-hybridized carbons (Fsp3) is 0.118. The van der Waals surface area contributed by atoms with Crippen LogP contribution in [0.25, 0.3) is 6.08 Å². The molecule has 0 bridgehead atoms. The van der Waals surface area contributed by atoms with Crippen molar-refractivity contribution in [2.45, 2.75) is 6.61 Å². The van der Waals surface area contributed by atoms with Gasteiger partial charge in [-0.05, 0) is 35.9 Å². The lowest BCUT2D eigenvalue weighted by Crippen LogP contribution is -2.03. The van der Waals surface area contributed by atoms with Crippen LogP contribution in [-0.2, 0) is 0 Å². The predicted molar refractivity (Wildman–Crippen MR) is 91.1 cm³/mol. The Bertz CT molecular complexity index is 870. The van der Waals surface area contributed by atoms with E-state index < -0.39 is 17.3 Å². The van der Waals surface area contributed by atoms with Crippen LogP contribution >= 0.6 is 11.6 Å². The molecule has 0 amide bonds. The number of hydrogen-bond acceptors (Lipinski definition) is 5. The van der Waals surface area contributed by atoms with E-state index >= 15 is 0 Å². The van der Waals surface area contributed by atoms with Gasteiger partial charge in [-0.25, -0.2) is 0 Å². The highest BCUT2D eigenvalue weighted by atomic mass is 35.5. The second-order valence-electron chi connectivity index (χ2n) is 4.91. The molecule has 0 N–H and O–H groups in total. The highest BCUT2D eigenvalue weighted by molar-refractivity contribution is 6.32. The Morgan fingerprint density at radius 1 is 1.23 bits per heavy atom. The normalized spacial score (nSPS) is 11.0. The molecule has 0 spiro atoms. The van der Waals surface area contributed by atoms with Crippen LogP contribution in [0.2, 0.25) is 5.02 Å². The molecule has 6 nitrogen and oxygen atoms in total. The summed E-state index contributed by atoms with van der Waals surface area (Å²) >= 11 is 5.70. The maximum atomic E-state index is 12.3. The molecule has 0 aliphatic heterocycles. The van der Waals surface area contributed by atoms with Gasteiger partial charge in [0.15, 0.2) is 17.3 Å². The van der Waals surface area contributed by atoms with Crippen molar-refractivity contribution in [3.8, 4) is 11.5 Å². The number of ether oxygens (including phenoxy) is 2. The van der Waals surface area contributed by atoms with Gasteiger partial charge >= 0.3 is 6.61 Å². The Balaban J connectivity index is 2.22. The molecule has 0 heterocycles. The third-order valence-electron chi connectivity index (χ3n) is 3.26. The predicted octanol–water partition coefficient (Wildman–Crippen LogP) is 4.75. The summed E-state index contributed by atoms with van der Waals surface area (Å²) in [5.41, 5.74) is 0.198. The van der Waals surface area contributed by atoms with E-state index in [1.54, 1.807) is 0 Å². The minimum absolute atomic E-state index is 0.0713. The number of alkyl halides is 2. The van der Waals surface area contributed by atoms with Gasteiger partial charge in [0.1, 0.15) is 5.02 Å². The second-order valence-corrected chi connectivity index (χ2v) is 5.32. The number of carbonyl (C=O) groups is 1. The van der Waals surface area contributed by atoms with Gasteiger partial charge < -0.3 is 9.47 Å². The maximum Gasteiger partial charge on any atom is 0.387 e. The average Bonchev–Trinajstić information content (AvgIpc) is 2.60. The molecule has 0 unspecified atom stereocenters. The van der Waals surface area contributed by atoms with Gasteiger partial charge in [0.25, 0.3) is 5.69 Å². The summed E-state index contributed by atoms with van der Waals surface area (Å²) in [4.78, 5) is 22.3. The molecule has 2 aromatic rings. The molecule has 136 valence electrons. The molecule has 0 fully saturated rings. The Morgan fingerprint density at radius 3 is 2.58 bits per heavy atom. The number of nitrogens with zero attached hydrogens (tertiary/aromatic N) is 1. The van der Waals surface area contributed by atoms with Crippen molar-refractivity contribution in [2.24, 2.45) is 0 Å². The lowest BCUT2D eigenvalue weighted by atomic mass is 10.1. The quantitative estimate of drug-likeness (QED) is 0.298. The van der Waals surface area contributed by atoms with Crippen molar-refractivity contribution in [3.05, 3.63) is 68.7 Å². The standard InChI is InChI=1S/C17H12ClF2NO5/c1-25-16-8-10(3-7-15(16)26-17(19)20)2-6-14(22)11-4-5-12(18)13(9-11)21(23)24/h2-9,17H,1H3. The van der Waals surface area contributed by atoms with Crippen LogP contribution in [0.5, 0.6) is 11.5 Å². The van der Waals surface area contributed by atoms with Crippen LogP contribution in [0.15, 0.2) is 42.5 Å². The van der Waals surface area contributed by atoms with E-state index in [2.05, 4.69) is 4.74 Å². The van der Waals surface area contributed by atoms with Crippen LogP contribution in [0.4, 0.5) is 14.5 Å². The number of benzene rings is 2. The first kappa shape index (κ1) is 19.3. The second kappa shape index (κ2) is 8.39. The molecule has 26 heavy (non-hydrogen) atoms. The number of ketones is 1. The topological polar surface area (TPSA) is 78.7 Å². The number of nitro benzene ring substituents is 1. The van der Waals surface area contributed by atoms with Crippen LogP contribution in [0, 0.1) is 10.1 Å². The van der Waals surface area contributed by atoms with Crippen molar-refractivity contribution in [3.63, 3.8) is 0 Å². The van der Waals surface area contributed by atoms with E-state index in [4.69, 9.17) is 16.3 Å². The molecular formula is C17H12ClF2NO5. The van der Waals surface area contributed by atoms with E-state index in [0.717, 1.165) is 6.07 Å². The van der Waals surface area contributed by atoms with Crippen LogP contribution in [0.3, 0.4) is 0 Å². The van der Waals surface area contributed by atoms with Gasteiger partial charge in [0.05, 0.1) is 12.0 Å². The molecule has 0 atom stereocenters. The monoisotopic (exact) mass is 383 g/mol. The van der Waals surface area contributed by atoms with E-state index in [-0.39, 0.29) is 27.8 Å².